The second kappa shape index (κ2) is 6.50. The first kappa shape index (κ1) is 15.2. The predicted octanol–water partition coefficient (Wildman–Crippen LogP) is 3.33. The number of piperidine rings is 1. The van der Waals surface area contributed by atoms with Crippen molar-refractivity contribution < 1.29 is 18.0 Å². The lowest BCUT2D eigenvalue weighted by Gasteiger charge is -2.34. The van der Waals surface area contributed by atoms with E-state index in [2.05, 4.69) is 17.5 Å². The van der Waals surface area contributed by atoms with Crippen LogP contribution in [0.25, 0.3) is 0 Å². The van der Waals surface area contributed by atoms with Crippen LogP contribution in [0.3, 0.4) is 0 Å². The smallest absolute Gasteiger partial charge is 0.338 e. The molecular weight excluding hydrogens is 269 g/mol. The van der Waals surface area contributed by atoms with Crippen molar-refractivity contribution in [3.05, 3.63) is 12.2 Å². The monoisotopic (exact) mass is 290 g/mol. The standard InChI is InChI=1S/C14H21F3N2O/c15-14(16,17)12-7-4-8-19(10-12)13(20)18-9-11-5-2-1-3-6-11/h1-2,11-12H,3-10H2,(H,18,20). The maximum absolute atomic E-state index is 12.7. The van der Waals surface area contributed by atoms with Gasteiger partial charge in [-0.3, -0.25) is 0 Å². The summed E-state index contributed by atoms with van der Waals surface area (Å²) in [6, 6.07) is -0.353. The molecule has 2 atom stereocenters. The summed E-state index contributed by atoms with van der Waals surface area (Å²) in [4.78, 5) is 13.2. The van der Waals surface area contributed by atoms with Crippen molar-refractivity contribution in [2.45, 2.75) is 38.3 Å². The fourth-order valence-corrected chi connectivity index (χ4v) is 2.81. The van der Waals surface area contributed by atoms with Gasteiger partial charge >= 0.3 is 12.2 Å². The summed E-state index contributed by atoms with van der Waals surface area (Å²) in [5.41, 5.74) is 0. The van der Waals surface area contributed by atoms with Crippen LogP contribution in [0.2, 0.25) is 0 Å². The van der Waals surface area contributed by atoms with Gasteiger partial charge < -0.3 is 10.2 Å². The van der Waals surface area contributed by atoms with E-state index in [4.69, 9.17) is 0 Å². The van der Waals surface area contributed by atoms with Gasteiger partial charge in [-0.25, -0.2) is 4.79 Å². The van der Waals surface area contributed by atoms with Crippen molar-refractivity contribution in [1.29, 1.82) is 0 Å². The topological polar surface area (TPSA) is 32.3 Å². The van der Waals surface area contributed by atoms with Gasteiger partial charge in [-0.2, -0.15) is 13.2 Å². The zero-order chi connectivity index (χ0) is 14.6. The number of nitrogens with zero attached hydrogens (tertiary/aromatic N) is 1. The highest BCUT2D eigenvalue weighted by Crippen LogP contribution is 2.33. The number of hydrogen-bond donors (Lipinski definition) is 1. The summed E-state index contributed by atoms with van der Waals surface area (Å²) in [6.07, 6.45) is 3.54. The molecule has 6 heteroatoms. The average Bonchev–Trinajstić information content (AvgIpc) is 2.45. The van der Waals surface area contributed by atoms with Crippen molar-refractivity contribution in [3.63, 3.8) is 0 Å². The zero-order valence-corrected chi connectivity index (χ0v) is 11.5. The Morgan fingerprint density at radius 3 is 2.75 bits per heavy atom. The maximum Gasteiger partial charge on any atom is 0.393 e. The number of nitrogens with one attached hydrogen (secondary N) is 1. The van der Waals surface area contributed by atoms with Crippen molar-refractivity contribution in [2.75, 3.05) is 19.6 Å². The summed E-state index contributed by atoms with van der Waals surface area (Å²) < 4.78 is 38.1. The van der Waals surface area contributed by atoms with E-state index in [1.54, 1.807) is 0 Å². The molecular formula is C14H21F3N2O. The van der Waals surface area contributed by atoms with Crippen LogP contribution in [0.1, 0.15) is 32.1 Å². The molecule has 0 saturated carbocycles. The van der Waals surface area contributed by atoms with Crippen molar-refractivity contribution in [2.24, 2.45) is 11.8 Å². The van der Waals surface area contributed by atoms with Crippen LogP contribution in [0.5, 0.6) is 0 Å². The maximum atomic E-state index is 12.7. The van der Waals surface area contributed by atoms with Gasteiger partial charge in [0.15, 0.2) is 0 Å². The van der Waals surface area contributed by atoms with Gasteiger partial charge in [-0.1, -0.05) is 12.2 Å². The summed E-state index contributed by atoms with van der Waals surface area (Å²) in [5.74, 6) is -0.966. The van der Waals surface area contributed by atoms with Gasteiger partial charge in [0.2, 0.25) is 0 Å². The molecule has 2 unspecified atom stereocenters. The van der Waals surface area contributed by atoms with Gasteiger partial charge in [-0.15, -0.1) is 0 Å². The number of urea groups is 1. The Balaban J connectivity index is 1.78. The van der Waals surface area contributed by atoms with Crippen LogP contribution in [-0.2, 0) is 0 Å². The number of amides is 2. The predicted molar refractivity (Wildman–Crippen MR) is 70.2 cm³/mol. The number of allylic oxidation sites excluding steroid dienone is 2. The molecule has 1 aliphatic carbocycles. The molecule has 0 spiro atoms. The Hall–Kier alpha value is -1.20. The molecule has 2 aliphatic rings. The van der Waals surface area contributed by atoms with Crippen LogP contribution in [0.15, 0.2) is 12.2 Å². The molecule has 1 fully saturated rings. The summed E-state index contributed by atoms with van der Waals surface area (Å²) in [6.45, 7) is 0.763. The second-order valence-electron chi connectivity index (χ2n) is 5.66. The highest BCUT2D eigenvalue weighted by molar-refractivity contribution is 5.74. The molecule has 0 radical (unpaired) electrons. The SMILES string of the molecule is O=C(NCC1CC=CCC1)N1CCCC(C(F)(F)F)C1. The highest BCUT2D eigenvalue weighted by Gasteiger charge is 2.42. The molecule has 1 heterocycles. The zero-order valence-electron chi connectivity index (χ0n) is 11.5. The minimum atomic E-state index is -4.20. The van der Waals surface area contributed by atoms with Crippen LogP contribution in [-0.4, -0.2) is 36.7 Å². The molecule has 0 aromatic heterocycles. The summed E-state index contributed by atoms with van der Waals surface area (Å²) >= 11 is 0. The first-order chi connectivity index (χ1) is 9.47. The number of rotatable bonds is 2. The Kier molecular flexibility index (Phi) is 4.94. The van der Waals surface area contributed by atoms with Gasteiger partial charge in [0.05, 0.1) is 5.92 Å². The lowest BCUT2D eigenvalue weighted by Crippen LogP contribution is -2.49. The van der Waals surface area contributed by atoms with Crippen LogP contribution < -0.4 is 5.32 Å². The van der Waals surface area contributed by atoms with Gasteiger partial charge in [0.1, 0.15) is 0 Å². The van der Waals surface area contributed by atoms with Crippen LogP contribution in [0.4, 0.5) is 18.0 Å². The third-order valence-corrected chi connectivity index (χ3v) is 4.09. The third kappa shape index (κ3) is 4.15. The second-order valence-corrected chi connectivity index (χ2v) is 5.66. The number of carbonyl (C=O) groups is 1. The first-order valence-electron chi connectivity index (χ1n) is 7.21. The molecule has 1 aliphatic heterocycles. The van der Waals surface area contributed by atoms with Crippen molar-refractivity contribution in [1.82, 2.24) is 10.2 Å². The molecule has 2 amide bonds. The van der Waals surface area contributed by atoms with E-state index < -0.39 is 12.1 Å². The van der Waals surface area contributed by atoms with Gasteiger partial charge in [-0.05, 0) is 38.0 Å². The fourth-order valence-electron chi connectivity index (χ4n) is 2.81. The minimum absolute atomic E-state index is 0.126. The molecule has 1 N–H and O–H groups in total. The molecule has 114 valence electrons. The molecule has 0 aromatic rings. The average molecular weight is 290 g/mol. The molecule has 2 rings (SSSR count). The summed E-state index contributed by atoms with van der Waals surface area (Å²) in [5, 5.41) is 2.78. The number of likely N-dealkylation sites (tertiary alicyclic amines) is 1. The molecule has 3 nitrogen and oxygen atoms in total. The lowest BCUT2D eigenvalue weighted by atomic mass is 9.94. The van der Waals surface area contributed by atoms with Gasteiger partial charge in [0, 0.05) is 19.6 Å². The summed E-state index contributed by atoms with van der Waals surface area (Å²) in [7, 11) is 0. The Bertz CT molecular complexity index is 368. The molecule has 20 heavy (non-hydrogen) atoms. The van der Waals surface area contributed by atoms with E-state index in [9.17, 15) is 18.0 Å². The van der Waals surface area contributed by atoms with Crippen LogP contribution in [0, 0.1) is 11.8 Å². The Labute approximate surface area is 117 Å². The van der Waals surface area contributed by atoms with E-state index in [-0.39, 0.29) is 19.0 Å². The number of carbonyl (C=O) groups excluding carboxylic acids is 1. The van der Waals surface area contributed by atoms with Crippen molar-refractivity contribution in [3.8, 4) is 0 Å². The third-order valence-electron chi connectivity index (χ3n) is 4.09. The molecule has 0 bridgehead atoms. The first-order valence-corrected chi connectivity index (χ1v) is 7.21. The van der Waals surface area contributed by atoms with E-state index >= 15 is 0 Å². The van der Waals surface area contributed by atoms with Gasteiger partial charge in [0.25, 0.3) is 0 Å². The number of hydrogen-bond acceptors (Lipinski definition) is 1. The van der Waals surface area contributed by atoms with Crippen molar-refractivity contribution >= 4 is 6.03 Å². The van der Waals surface area contributed by atoms with E-state index in [1.807, 2.05) is 0 Å². The van der Waals surface area contributed by atoms with Crippen LogP contribution >= 0.6 is 0 Å². The van der Waals surface area contributed by atoms with E-state index in [0.717, 1.165) is 19.3 Å². The van der Waals surface area contributed by atoms with E-state index in [1.165, 1.54) is 4.90 Å². The quantitative estimate of drug-likeness (QED) is 0.777. The minimum Gasteiger partial charge on any atom is -0.338 e. The largest absolute Gasteiger partial charge is 0.393 e. The molecule has 1 saturated heterocycles. The fraction of sp³-hybridized carbons (Fsp3) is 0.786. The highest BCUT2D eigenvalue weighted by atomic mass is 19.4. The normalized spacial score (nSPS) is 27.4. The molecule has 0 aromatic carbocycles. The Morgan fingerprint density at radius 1 is 1.30 bits per heavy atom. The Morgan fingerprint density at radius 2 is 2.10 bits per heavy atom. The number of alkyl halides is 3. The van der Waals surface area contributed by atoms with E-state index in [0.29, 0.717) is 25.4 Å². The number of halogens is 3. The lowest BCUT2D eigenvalue weighted by molar-refractivity contribution is -0.184.